The average molecular weight is 367 g/mol. The molecule has 7 heteroatoms. The Morgan fingerprint density at radius 3 is 2.43 bits per heavy atom. The molecule has 1 aliphatic heterocycles. The molecule has 0 aromatic heterocycles. The summed E-state index contributed by atoms with van der Waals surface area (Å²) in [6, 6.07) is 11.9. The topological polar surface area (TPSA) is 63.4 Å². The predicted molar refractivity (Wildman–Crippen MR) is 94.1 cm³/mol. The second-order valence-corrected chi connectivity index (χ2v) is 7.16. The summed E-state index contributed by atoms with van der Waals surface area (Å²) in [6.07, 6.45) is 0.132. The molecule has 0 bridgehead atoms. The average Bonchev–Trinajstić information content (AvgIpc) is 2.77. The zero-order chi connectivity index (χ0) is 16.6. The molecule has 4 nitrogen and oxygen atoms in total. The Balaban J connectivity index is 1.83. The molecule has 1 aliphatic rings. The SMILES string of the molecule is Nc1ccc(SC2CC(=O)N(c3ccc(Cl)cc3Cl)C2=O)cc1. The highest BCUT2D eigenvalue weighted by Crippen LogP contribution is 2.37. The highest BCUT2D eigenvalue weighted by atomic mass is 35.5. The quantitative estimate of drug-likeness (QED) is 0.658. The largest absolute Gasteiger partial charge is 0.399 e. The van der Waals surface area contributed by atoms with Crippen molar-refractivity contribution < 1.29 is 9.59 Å². The fourth-order valence-electron chi connectivity index (χ4n) is 2.32. The number of carbonyl (C=O) groups is 2. The number of rotatable bonds is 3. The summed E-state index contributed by atoms with van der Waals surface area (Å²) in [5, 5.41) is 0.251. The first kappa shape index (κ1) is 16.2. The van der Waals surface area contributed by atoms with Gasteiger partial charge >= 0.3 is 0 Å². The molecule has 1 heterocycles. The van der Waals surface area contributed by atoms with Crippen molar-refractivity contribution in [3.63, 3.8) is 0 Å². The molecule has 0 saturated carbocycles. The zero-order valence-corrected chi connectivity index (χ0v) is 14.2. The normalized spacial score (nSPS) is 17.8. The highest BCUT2D eigenvalue weighted by molar-refractivity contribution is 8.00. The molecule has 1 fully saturated rings. The maximum atomic E-state index is 12.6. The number of imide groups is 1. The van der Waals surface area contributed by atoms with Crippen molar-refractivity contribution in [1.82, 2.24) is 0 Å². The van der Waals surface area contributed by atoms with Crippen molar-refractivity contribution in [2.24, 2.45) is 0 Å². The molecule has 118 valence electrons. The Morgan fingerprint density at radius 2 is 1.78 bits per heavy atom. The van der Waals surface area contributed by atoms with Gasteiger partial charge in [-0.1, -0.05) is 23.2 Å². The van der Waals surface area contributed by atoms with Gasteiger partial charge in [0.1, 0.15) is 0 Å². The number of halogens is 2. The van der Waals surface area contributed by atoms with Crippen LogP contribution in [0.1, 0.15) is 6.42 Å². The van der Waals surface area contributed by atoms with Crippen molar-refractivity contribution >= 4 is 58.2 Å². The number of hydrogen-bond acceptors (Lipinski definition) is 4. The van der Waals surface area contributed by atoms with Gasteiger partial charge in [0.15, 0.2) is 0 Å². The summed E-state index contributed by atoms with van der Waals surface area (Å²) in [5.74, 6) is -0.548. The van der Waals surface area contributed by atoms with Gasteiger partial charge < -0.3 is 5.73 Å². The third-order valence-electron chi connectivity index (χ3n) is 3.41. The molecule has 0 aliphatic carbocycles. The zero-order valence-electron chi connectivity index (χ0n) is 11.8. The lowest BCUT2D eigenvalue weighted by Gasteiger charge is -2.16. The van der Waals surface area contributed by atoms with Gasteiger partial charge in [-0.25, -0.2) is 4.90 Å². The fourth-order valence-corrected chi connectivity index (χ4v) is 3.87. The van der Waals surface area contributed by atoms with Crippen LogP contribution >= 0.6 is 35.0 Å². The van der Waals surface area contributed by atoms with Crippen LogP contribution < -0.4 is 10.6 Å². The van der Waals surface area contributed by atoms with E-state index in [1.807, 2.05) is 12.1 Å². The monoisotopic (exact) mass is 366 g/mol. The molecule has 2 N–H and O–H groups in total. The van der Waals surface area contributed by atoms with Crippen LogP contribution in [-0.2, 0) is 9.59 Å². The van der Waals surface area contributed by atoms with E-state index in [0.717, 1.165) is 9.80 Å². The first-order chi connectivity index (χ1) is 11.0. The van der Waals surface area contributed by atoms with Crippen LogP contribution in [0.4, 0.5) is 11.4 Å². The van der Waals surface area contributed by atoms with E-state index in [1.54, 1.807) is 24.3 Å². The number of thioether (sulfide) groups is 1. The maximum absolute atomic E-state index is 12.6. The third-order valence-corrected chi connectivity index (χ3v) is 5.15. The number of nitrogen functional groups attached to an aromatic ring is 1. The number of anilines is 2. The highest BCUT2D eigenvalue weighted by Gasteiger charge is 2.40. The Bertz CT molecular complexity index is 780. The molecule has 1 saturated heterocycles. The summed E-state index contributed by atoms with van der Waals surface area (Å²) in [4.78, 5) is 26.9. The second kappa shape index (κ2) is 6.43. The standard InChI is InChI=1S/C16H12Cl2N2O2S/c17-9-1-6-13(12(18)7-9)20-15(21)8-14(16(20)22)23-11-4-2-10(19)3-5-11/h1-7,14H,8,19H2. The van der Waals surface area contributed by atoms with E-state index in [4.69, 9.17) is 28.9 Å². The fraction of sp³-hybridized carbons (Fsp3) is 0.125. The van der Waals surface area contributed by atoms with Crippen LogP contribution in [0.5, 0.6) is 0 Å². The van der Waals surface area contributed by atoms with Gasteiger partial charge in [0.05, 0.1) is 16.0 Å². The van der Waals surface area contributed by atoms with Crippen LogP contribution in [0.15, 0.2) is 47.4 Å². The molecule has 1 atom stereocenters. The van der Waals surface area contributed by atoms with Crippen molar-refractivity contribution in [2.75, 3.05) is 10.6 Å². The molecule has 0 radical (unpaired) electrons. The van der Waals surface area contributed by atoms with Gasteiger partial charge in [0.2, 0.25) is 11.8 Å². The van der Waals surface area contributed by atoms with Gasteiger partial charge in [0.25, 0.3) is 0 Å². The first-order valence-electron chi connectivity index (χ1n) is 6.80. The van der Waals surface area contributed by atoms with Crippen molar-refractivity contribution in [3.05, 3.63) is 52.5 Å². The molecule has 2 amide bonds. The van der Waals surface area contributed by atoms with Crippen LogP contribution in [0, 0.1) is 0 Å². The summed E-state index contributed by atoms with van der Waals surface area (Å²) in [7, 11) is 0. The predicted octanol–water partition coefficient (Wildman–Crippen LogP) is 4.00. The number of amides is 2. The van der Waals surface area contributed by atoms with E-state index in [1.165, 1.54) is 17.8 Å². The van der Waals surface area contributed by atoms with Crippen molar-refractivity contribution in [2.45, 2.75) is 16.6 Å². The van der Waals surface area contributed by atoms with Crippen LogP contribution in [0.2, 0.25) is 10.0 Å². The van der Waals surface area contributed by atoms with Crippen LogP contribution in [0.3, 0.4) is 0 Å². The van der Waals surface area contributed by atoms with Crippen LogP contribution in [-0.4, -0.2) is 17.1 Å². The Kier molecular flexibility index (Phi) is 4.53. The molecule has 3 rings (SSSR count). The minimum absolute atomic E-state index is 0.132. The number of carbonyl (C=O) groups excluding carboxylic acids is 2. The van der Waals surface area contributed by atoms with E-state index >= 15 is 0 Å². The van der Waals surface area contributed by atoms with Crippen LogP contribution in [0.25, 0.3) is 0 Å². The summed E-state index contributed by atoms with van der Waals surface area (Å²) in [6.45, 7) is 0. The first-order valence-corrected chi connectivity index (χ1v) is 8.43. The van der Waals surface area contributed by atoms with Gasteiger partial charge in [-0.3, -0.25) is 9.59 Å². The number of benzene rings is 2. The van der Waals surface area contributed by atoms with Crippen molar-refractivity contribution in [3.8, 4) is 0 Å². The summed E-state index contributed by atoms with van der Waals surface area (Å²) >= 11 is 13.3. The molecule has 2 aromatic carbocycles. The minimum Gasteiger partial charge on any atom is -0.399 e. The van der Waals surface area contributed by atoms with E-state index in [9.17, 15) is 9.59 Å². The van der Waals surface area contributed by atoms with E-state index in [-0.39, 0.29) is 23.3 Å². The Morgan fingerprint density at radius 1 is 1.09 bits per heavy atom. The Hall–Kier alpha value is -1.69. The molecular weight excluding hydrogens is 355 g/mol. The number of nitrogens with two attached hydrogens (primary N) is 1. The van der Waals surface area contributed by atoms with E-state index in [0.29, 0.717) is 16.4 Å². The molecule has 1 unspecified atom stereocenters. The molecule has 2 aromatic rings. The van der Waals surface area contributed by atoms with Gasteiger partial charge in [0, 0.05) is 22.0 Å². The second-order valence-electron chi connectivity index (χ2n) is 5.04. The molecule has 0 spiro atoms. The Labute approximate surface area is 147 Å². The van der Waals surface area contributed by atoms with Gasteiger partial charge in [-0.2, -0.15) is 0 Å². The third kappa shape index (κ3) is 3.32. The molecular formula is C16H12Cl2N2O2S. The smallest absolute Gasteiger partial charge is 0.247 e. The van der Waals surface area contributed by atoms with Gasteiger partial charge in [-0.15, -0.1) is 11.8 Å². The lowest BCUT2D eigenvalue weighted by molar-refractivity contribution is -0.121. The van der Waals surface area contributed by atoms with E-state index in [2.05, 4.69) is 0 Å². The summed E-state index contributed by atoms with van der Waals surface area (Å²) < 4.78 is 0. The van der Waals surface area contributed by atoms with Gasteiger partial charge in [-0.05, 0) is 42.5 Å². The minimum atomic E-state index is -0.474. The van der Waals surface area contributed by atoms with Crippen molar-refractivity contribution in [1.29, 1.82) is 0 Å². The maximum Gasteiger partial charge on any atom is 0.247 e. The number of nitrogens with zero attached hydrogens (tertiary/aromatic N) is 1. The number of hydrogen-bond donors (Lipinski definition) is 1. The summed E-state index contributed by atoms with van der Waals surface area (Å²) in [5.41, 5.74) is 6.66. The lowest BCUT2D eigenvalue weighted by Crippen LogP contribution is -2.31. The lowest BCUT2D eigenvalue weighted by atomic mass is 10.3. The van der Waals surface area contributed by atoms with E-state index < -0.39 is 5.25 Å². The molecule has 23 heavy (non-hydrogen) atoms.